The maximum Gasteiger partial charge on any atom is 0.254 e. The second-order valence-electron chi connectivity index (χ2n) is 8.03. The number of rotatable bonds is 5. The van der Waals surface area contributed by atoms with Gasteiger partial charge < -0.3 is 4.90 Å². The largest absolute Gasteiger partial charge is 0.334 e. The lowest BCUT2D eigenvalue weighted by Gasteiger charge is -2.34. The zero-order valence-corrected chi connectivity index (χ0v) is 16.8. The standard InChI is InChI=1S/C19H33NOSi/c1-13(2)20(14(3)4)19(21)18-15(5)11-10-12-17(18)16(6)22(7,8)9/h10-14,16H,1-9H3/t16-/m0/s1. The molecule has 0 aliphatic carbocycles. The smallest absolute Gasteiger partial charge is 0.254 e. The summed E-state index contributed by atoms with van der Waals surface area (Å²) in [5, 5.41) is 0. The Balaban J connectivity index is 3.44. The van der Waals surface area contributed by atoms with Gasteiger partial charge in [0, 0.05) is 17.6 Å². The molecule has 124 valence electrons. The zero-order chi connectivity index (χ0) is 17.2. The molecular formula is C19H33NOSi. The van der Waals surface area contributed by atoms with Crippen LogP contribution in [0.25, 0.3) is 0 Å². The third-order valence-electron chi connectivity index (χ3n) is 4.63. The highest BCUT2D eigenvalue weighted by molar-refractivity contribution is 6.77. The SMILES string of the molecule is Cc1cccc([C@H](C)[Si](C)(C)C)c1C(=O)N(C(C)C)C(C)C. The molecule has 2 nitrogen and oxygen atoms in total. The molecule has 0 saturated heterocycles. The molecule has 0 fully saturated rings. The maximum absolute atomic E-state index is 13.2. The van der Waals surface area contributed by atoms with Gasteiger partial charge in [0.15, 0.2) is 0 Å². The summed E-state index contributed by atoms with van der Waals surface area (Å²) >= 11 is 0. The maximum atomic E-state index is 13.2. The first-order valence-electron chi connectivity index (χ1n) is 8.40. The number of aryl methyl sites for hydroxylation is 1. The van der Waals surface area contributed by atoms with E-state index in [1.165, 1.54) is 5.56 Å². The summed E-state index contributed by atoms with van der Waals surface area (Å²) in [7, 11) is -1.36. The average Bonchev–Trinajstić information content (AvgIpc) is 2.35. The van der Waals surface area contributed by atoms with Crippen molar-refractivity contribution in [2.45, 2.75) is 78.8 Å². The van der Waals surface area contributed by atoms with E-state index < -0.39 is 8.07 Å². The molecular weight excluding hydrogens is 286 g/mol. The third kappa shape index (κ3) is 4.01. The Bertz CT molecular complexity index is 521. The number of carbonyl (C=O) groups excluding carboxylic acids is 1. The van der Waals surface area contributed by atoms with Gasteiger partial charge in [-0.2, -0.15) is 0 Å². The molecule has 0 N–H and O–H groups in total. The van der Waals surface area contributed by atoms with E-state index in [2.05, 4.69) is 79.4 Å². The minimum atomic E-state index is -1.36. The summed E-state index contributed by atoms with van der Waals surface area (Å²) in [5.74, 6) is 0.184. The van der Waals surface area contributed by atoms with Crippen molar-refractivity contribution >= 4 is 14.0 Å². The van der Waals surface area contributed by atoms with E-state index in [1.807, 2.05) is 4.90 Å². The number of hydrogen-bond acceptors (Lipinski definition) is 1. The quantitative estimate of drug-likeness (QED) is 0.680. The fourth-order valence-electron chi connectivity index (χ4n) is 3.00. The van der Waals surface area contributed by atoms with Crippen LogP contribution in [0.1, 0.15) is 61.6 Å². The van der Waals surface area contributed by atoms with Crippen LogP contribution in [0.5, 0.6) is 0 Å². The molecule has 1 atom stereocenters. The fourth-order valence-corrected chi connectivity index (χ4v) is 4.18. The highest BCUT2D eigenvalue weighted by Gasteiger charge is 2.31. The van der Waals surface area contributed by atoms with Crippen molar-refractivity contribution < 1.29 is 4.79 Å². The number of hydrogen-bond donors (Lipinski definition) is 0. The summed E-state index contributed by atoms with van der Waals surface area (Å²) in [6.45, 7) is 19.8. The molecule has 1 rings (SSSR count). The lowest BCUT2D eigenvalue weighted by atomic mass is 9.97. The Labute approximate surface area is 137 Å². The first kappa shape index (κ1) is 19.0. The minimum Gasteiger partial charge on any atom is -0.334 e. The summed E-state index contributed by atoms with van der Waals surface area (Å²) in [4.78, 5) is 15.2. The Morgan fingerprint density at radius 3 is 1.91 bits per heavy atom. The van der Waals surface area contributed by atoms with E-state index in [4.69, 9.17) is 0 Å². The highest BCUT2D eigenvalue weighted by Crippen LogP contribution is 2.31. The molecule has 0 aromatic heterocycles. The Morgan fingerprint density at radius 1 is 1.00 bits per heavy atom. The molecule has 0 radical (unpaired) electrons. The minimum absolute atomic E-state index is 0.184. The van der Waals surface area contributed by atoms with Gasteiger partial charge in [-0.15, -0.1) is 0 Å². The van der Waals surface area contributed by atoms with Gasteiger partial charge in [-0.25, -0.2) is 0 Å². The molecule has 1 amide bonds. The van der Waals surface area contributed by atoms with Gasteiger partial charge >= 0.3 is 0 Å². The van der Waals surface area contributed by atoms with Crippen molar-refractivity contribution in [3.63, 3.8) is 0 Å². The summed E-state index contributed by atoms with van der Waals surface area (Å²) < 4.78 is 0. The molecule has 0 spiro atoms. The van der Waals surface area contributed by atoms with Gasteiger partial charge in [-0.3, -0.25) is 4.79 Å². The molecule has 22 heavy (non-hydrogen) atoms. The van der Waals surface area contributed by atoms with Crippen LogP contribution in [0.4, 0.5) is 0 Å². The second-order valence-corrected chi connectivity index (χ2v) is 13.6. The molecule has 1 aromatic carbocycles. The topological polar surface area (TPSA) is 20.3 Å². The van der Waals surface area contributed by atoms with Crippen LogP contribution in [0, 0.1) is 6.92 Å². The van der Waals surface area contributed by atoms with Crippen molar-refractivity contribution in [2.24, 2.45) is 0 Å². The van der Waals surface area contributed by atoms with Crippen LogP contribution in [0.3, 0.4) is 0 Å². The third-order valence-corrected chi connectivity index (χ3v) is 7.54. The Morgan fingerprint density at radius 2 is 1.50 bits per heavy atom. The van der Waals surface area contributed by atoms with E-state index in [1.54, 1.807) is 0 Å². The highest BCUT2D eigenvalue weighted by atomic mass is 28.3. The molecule has 0 unspecified atom stereocenters. The summed E-state index contributed by atoms with van der Waals surface area (Å²) in [6, 6.07) is 6.73. The number of benzene rings is 1. The monoisotopic (exact) mass is 319 g/mol. The lowest BCUT2D eigenvalue weighted by Crippen LogP contribution is -2.43. The molecule has 0 aliphatic rings. The predicted octanol–water partition coefficient (Wildman–Crippen LogP) is 5.23. The predicted molar refractivity (Wildman–Crippen MR) is 99.4 cm³/mol. The van der Waals surface area contributed by atoms with Gasteiger partial charge in [-0.05, 0) is 51.3 Å². The second kappa shape index (κ2) is 6.99. The van der Waals surface area contributed by atoms with E-state index in [0.29, 0.717) is 5.54 Å². The molecule has 0 aliphatic heterocycles. The van der Waals surface area contributed by atoms with Crippen LogP contribution in [-0.2, 0) is 0 Å². The van der Waals surface area contributed by atoms with Gasteiger partial charge in [0.1, 0.15) is 0 Å². The van der Waals surface area contributed by atoms with Crippen molar-refractivity contribution in [1.82, 2.24) is 4.90 Å². The first-order chi connectivity index (χ1) is 9.98. The number of amides is 1. The van der Waals surface area contributed by atoms with Crippen LogP contribution in [0.15, 0.2) is 18.2 Å². The van der Waals surface area contributed by atoms with Gasteiger partial charge in [-0.1, -0.05) is 44.8 Å². The van der Waals surface area contributed by atoms with Gasteiger partial charge in [0.25, 0.3) is 5.91 Å². The van der Waals surface area contributed by atoms with E-state index >= 15 is 0 Å². The lowest BCUT2D eigenvalue weighted by molar-refractivity contribution is 0.0641. The molecule has 0 bridgehead atoms. The molecule has 3 heteroatoms. The van der Waals surface area contributed by atoms with Crippen LogP contribution < -0.4 is 0 Å². The van der Waals surface area contributed by atoms with Crippen LogP contribution in [-0.4, -0.2) is 31.0 Å². The summed E-state index contributed by atoms with van der Waals surface area (Å²) in [5.41, 5.74) is 3.72. The zero-order valence-electron chi connectivity index (χ0n) is 15.8. The number of nitrogens with zero attached hydrogens (tertiary/aromatic N) is 1. The normalized spacial score (nSPS) is 13.6. The molecule has 0 heterocycles. The van der Waals surface area contributed by atoms with E-state index in [0.717, 1.165) is 11.1 Å². The van der Waals surface area contributed by atoms with Crippen molar-refractivity contribution in [3.05, 3.63) is 34.9 Å². The van der Waals surface area contributed by atoms with Crippen molar-refractivity contribution in [2.75, 3.05) is 0 Å². The number of carbonyl (C=O) groups is 1. The van der Waals surface area contributed by atoms with Crippen LogP contribution >= 0.6 is 0 Å². The fraction of sp³-hybridized carbons (Fsp3) is 0.632. The van der Waals surface area contributed by atoms with Gasteiger partial charge in [0.2, 0.25) is 0 Å². The molecule has 1 aromatic rings. The van der Waals surface area contributed by atoms with E-state index in [9.17, 15) is 4.79 Å². The van der Waals surface area contributed by atoms with Crippen molar-refractivity contribution in [1.29, 1.82) is 0 Å². The van der Waals surface area contributed by atoms with Crippen molar-refractivity contribution in [3.8, 4) is 0 Å². The molecule has 0 saturated carbocycles. The summed E-state index contributed by atoms with van der Waals surface area (Å²) in [6.07, 6.45) is 0. The average molecular weight is 320 g/mol. The Kier molecular flexibility index (Phi) is 6.02. The Hall–Kier alpha value is -1.09. The first-order valence-corrected chi connectivity index (χ1v) is 12.0. The van der Waals surface area contributed by atoms with E-state index in [-0.39, 0.29) is 18.0 Å². The van der Waals surface area contributed by atoms with Crippen LogP contribution in [0.2, 0.25) is 19.6 Å². The van der Waals surface area contributed by atoms with Gasteiger partial charge in [0.05, 0.1) is 8.07 Å².